The molecule has 13 heavy (non-hydrogen) atoms. The molecule has 2 rings (SSSR count). The Morgan fingerprint density at radius 1 is 1.54 bits per heavy atom. The Morgan fingerprint density at radius 3 is 3.15 bits per heavy atom. The zero-order valence-electron chi connectivity index (χ0n) is 7.27. The summed E-state index contributed by atoms with van der Waals surface area (Å²) in [5.41, 5.74) is 0.996. The molecule has 2 heterocycles. The van der Waals surface area contributed by atoms with E-state index < -0.39 is 0 Å². The number of hydrogen-bond donors (Lipinski definition) is 0. The third-order valence-corrected chi connectivity index (χ3v) is 2.17. The van der Waals surface area contributed by atoms with E-state index in [0.29, 0.717) is 19.4 Å². The van der Waals surface area contributed by atoms with Crippen molar-refractivity contribution in [2.24, 2.45) is 0 Å². The molecule has 1 aromatic heterocycles. The topological polar surface area (TPSA) is 39.2 Å². The number of carbonyl (C=O) groups excluding carboxylic acids is 1. The molecule has 1 aliphatic heterocycles. The number of nitrogens with zero attached hydrogens (tertiary/aromatic N) is 1. The van der Waals surface area contributed by atoms with E-state index in [0.717, 1.165) is 5.56 Å². The van der Waals surface area contributed by atoms with Gasteiger partial charge in [0, 0.05) is 25.2 Å². The van der Waals surface area contributed by atoms with E-state index in [9.17, 15) is 4.79 Å². The molecule has 3 nitrogen and oxygen atoms in total. The van der Waals surface area contributed by atoms with Crippen molar-refractivity contribution in [2.75, 3.05) is 6.61 Å². The van der Waals surface area contributed by atoms with Gasteiger partial charge < -0.3 is 4.74 Å². The van der Waals surface area contributed by atoms with Crippen LogP contribution in [0.5, 0.6) is 0 Å². The number of ketones is 1. The number of pyridine rings is 1. The van der Waals surface area contributed by atoms with E-state index in [4.69, 9.17) is 4.74 Å². The van der Waals surface area contributed by atoms with Crippen molar-refractivity contribution in [1.29, 1.82) is 0 Å². The fraction of sp³-hybridized carbons (Fsp3) is 0.400. The Balaban J connectivity index is 2.13. The second kappa shape index (κ2) is 3.66. The standard InChI is InChI=1S/C10H11NO2/c12-9-3-5-13-10(6-9)8-2-1-4-11-7-8/h1-2,4,7,10H,3,5-6H2/t10-/m0/s1. The molecule has 0 radical (unpaired) electrons. The number of carbonyl (C=O) groups is 1. The van der Waals surface area contributed by atoms with Gasteiger partial charge in [-0.2, -0.15) is 0 Å². The summed E-state index contributed by atoms with van der Waals surface area (Å²) in [6.07, 6.45) is 4.44. The third-order valence-electron chi connectivity index (χ3n) is 2.17. The van der Waals surface area contributed by atoms with Gasteiger partial charge in [0.1, 0.15) is 5.78 Å². The van der Waals surface area contributed by atoms with Crippen LogP contribution in [0.25, 0.3) is 0 Å². The molecule has 0 aliphatic carbocycles. The highest BCUT2D eigenvalue weighted by Gasteiger charge is 2.21. The molecule has 0 unspecified atom stereocenters. The average Bonchev–Trinajstić information content (AvgIpc) is 2.19. The maximum absolute atomic E-state index is 11.1. The summed E-state index contributed by atoms with van der Waals surface area (Å²) < 4.78 is 5.47. The maximum atomic E-state index is 11.1. The van der Waals surface area contributed by atoms with Crippen LogP contribution in [0.15, 0.2) is 24.5 Å². The monoisotopic (exact) mass is 177 g/mol. The van der Waals surface area contributed by atoms with E-state index in [1.165, 1.54) is 0 Å². The van der Waals surface area contributed by atoms with Gasteiger partial charge in [-0.1, -0.05) is 6.07 Å². The van der Waals surface area contributed by atoms with Gasteiger partial charge in [-0.15, -0.1) is 0 Å². The first-order valence-electron chi connectivity index (χ1n) is 4.39. The molecule has 68 valence electrons. The molecule has 0 N–H and O–H groups in total. The van der Waals surface area contributed by atoms with E-state index >= 15 is 0 Å². The molecule has 1 fully saturated rings. The number of aromatic nitrogens is 1. The van der Waals surface area contributed by atoms with Gasteiger partial charge in [0.05, 0.1) is 12.7 Å². The van der Waals surface area contributed by atoms with E-state index in [-0.39, 0.29) is 11.9 Å². The minimum absolute atomic E-state index is 0.0741. The molecule has 1 atom stereocenters. The van der Waals surface area contributed by atoms with Gasteiger partial charge in [-0.3, -0.25) is 9.78 Å². The van der Waals surface area contributed by atoms with Crippen LogP contribution in [0.4, 0.5) is 0 Å². The fourth-order valence-electron chi connectivity index (χ4n) is 1.46. The van der Waals surface area contributed by atoms with Crippen LogP contribution in [0.1, 0.15) is 24.5 Å². The number of ether oxygens (including phenoxy) is 1. The first-order valence-corrected chi connectivity index (χ1v) is 4.39. The van der Waals surface area contributed by atoms with Gasteiger partial charge in [-0.25, -0.2) is 0 Å². The highest BCUT2D eigenvalue weighted by molar-refractivity contribution is 5.79. The average molecular weight is 177 g/mol. The lowest BCUT2D eigenvalue weighted by molar-refractivity contribution is -0.128. The normalized spacial score (nSPS) is 23.1. The highest BCUT2D eigenvalue weighted by atomic mass is 16.5. The summed E-state index contributed by atoms with van der Waals surface area (Å²) in [4.78, 5) is 15.1. The maximum Gasteiger partial charge on any atom is 0.138 e. The van der Waals surface area contributed by atoms with Gasteiger partial charge in [0.25, 0.3) is 0 Å². The number of hydrogen-bond acceptors (Lipinski definition) is 3. The van der Waals surface area contributed by atoms with Gasteiger partial charge in [-0.05, 0) is 11.6 Å². The SMILES string of the molecule is O=C1CCO[C@H](c2cccnc2)C1. The van der Waals surface area contributed by atoms with Crippen LogP contribution >= 0.6 is 0 Å². The Bertz CT molecular complexity index is 297. The minimum atomic E-state index is -0.0741. The Hall–Kier alpha value is -1.22. The summed E-state index contributed by atoms with van der Waals surface area (Å²) in [6, 6.07) is 3.80. The molecule has 0 spiro atoms. The van der Waals surface area contributed by atoms with Crippen molar-refractivity contribution in [3.8, 4) is 0 Å². The second-order valence-corrected chi connectivity index (χ2v) is 3.14. The third kappa shape index (κ3) is 1.92. The van der Waals surface area contributed by atoms with Gasteiger partial charge in [0.15, 0.2) is 0 Å². The Kier molecular flexibility index (Phi) is 2.36. The van der Waals surface area contributed by atoms with Gasteiger partial charge >= 0.3 is 0 Å². The smallest absolute Gasteiger partial charge is 0.138 e. The second-order valence-electron chi connectivity index (χ2n) is 3.14. The van der Waals surface area contributed by atoms with Crippen molar-refractivity contribution < 1.29 is 9.53 Å². The predicted molar refractivity (Wildman–Crippen MR) is 47.2 cm³/mol. The summed E-state index contributed by atoms with van der Waals surface area (Å²) in [5.74, 6) is 0.278. The summed E-state index contributed by atoms with van der Waals surface area (Å²) in [6.45, 7) is 0.540. The Labute approximate surface area is 76.7 Å². The van der Waals surface area contributed by atoms with E-state index in [1.807, 2.05) is 12.1 Å². The fourth-order valence-corrected chi connectivity index (χ4v) is 1.46. The van der Waals surface area contributed by atoms with Crippen molar-refractivity contribution in [3.05, 3.63) is 30.1 Å². The van der Waals surface area contributed by atoms with Gasteiger partial charge in [0.2, 0.25) is 0 Å². The van der Waals surface area contributed by atoms with E-state index in [2.05, 4.69) is 4.98 Å². The van der Waals surface area contributed by atoms with Crippen molar-refractivity contribution >= 4 is 5.78 Å². The zero-order valence-corrected chi connectivity index (χ0v) is 7.27. The summed E-state index contributed by atoms with van der Waals surface area (Å²) in [7, 11) is 0. The zero-order chi connectivity index (χ0) is 9.10. The molecular weight excluding hydrogens is 166 g/mol. The van der Waals surface area contributed by atoms with Crippen molar-refractivity contribution in [2.45, 2.75) is 18.9 Å². The molecule has 0 aromatic carbocycles. The minimum Gasteiger partial charge on any atom is -0.373 e. The molecule has 1 saturated heterocycles. The summed E-state index contributed by atoms with van der Waals surface area (Å²) in [5, 5.41) is 0. The largest absolute Gasteiger partial charge is 0.373 e. The van der Waals surface area contributed by atoms with Crippen LogP contribution in [-0.2, 0) is 9.53 Å². The molecule has 1 aromatic rings. The van der Waals surface area contributed by atoms with Crippen LogP contribution in [0.2, 0.25) is 0 Å². The first kappa shape index (κ1) is 8.38. The molecule has 0 saturated carbocycles. The molecule has 3 heteroatoms. The van der Waals surface area contributed by atoms with Crippen molar-refractivity contribution in [1.82, 2.24) is 4.98 Å². The van der Waals surface area contributed by atoms with Crippen LogP contribution < -0.4 is 0 Å². The molecule has 0 bridgehead atoms. The first-order chi connectivity index (χ1) is 6.36. The van der Waals surface area contributed by atoms with E-state index in [1.54, 1.807) is 12.4 Å². The summed E-state index contributed by atoms with van der Waals surface area (Å²) >= 11 is 0. The number of Topliss-reactive ketones (excluding diaryl/α,β-unsaturated/α-hetero) is 1. The van der Waals surface area contributed by atoms with Crippen LogP contribution in [0, 0.1) is 0 Å². The highest BCUT2D eigenvalue weighted by Crippen LogP contribution is 2.24. The Morgan fingerprint density at radius 2 is 2.46 bits per heavy atom. The molecular formula is C10H11NO2. The predicted octanol–water partition coefficient (Wildman–Crippen LogP) is 1.50. The lowest BCUT2D eigenvalue weighted by atomic mass is 10.0. The molecule has 0 amide bonds. The lowest BCUT2D eigenvalue weighted by Gasteiger charge is -2.21. The number of rotatable bonds is 1. The van der Waals surface area contributed by atoms with Crippen LogP contribution in [0.3, 0.4) is 0 Å². The van der Waals surface area contributed by atoms with Crippen LogP contribution in [-0.4, -0.2) is 17.4 Å². The quantitative estimate of drug-likeness (QED) is 0.652. The molecule has 1 aliphatic rings. The van der Waals surface area contributed by atoms with Crippen molar-refractivity contribution in [3.63, 3.8) is 0 Å². The lowest BCUT2D eigenvalue weighted by Crippen LogP contribution is -2.19.